The average molecular weight is 581 g/mol. The predicted molar refractivity (Wildman–Crippen MR) is 177 cm³/mol. The van der Waals surface area contributed by atoms with Crippen LogP contribution in [0.2, 0.25) is 0 Å². The Kier molecular flexibility index (Phi) is 7.09. The third kappa shape index (κ3) is 4.60. The summed E-state index contributed by atoms with van der Waals surface area (Å²) in [5.74, 6) is 1.03. The van der Waals surface area contributed by atoms with Gasteiger partial charge in [0.25, 0.3) is 0 Å². The van der Waals surface area contributed by atoms with Gasteiger partial charge in [0.15, 0.2) is 5.60 Å². The van der Waals surface area contributed by atoms with Gasteiger partial charge in [-0.2, -0.15) is 0 Å². The molecule has 1 atom stereocenters. The Bertz CT molecular complexity index is 1850. The van der Waals surface area contributed by atoms with Crippen molar-refractivity contribution in [3.8, 4) is 11.5 Å². The molecule has 1 unspecified atom stereocenters. The lowest BCUT2D eigenvalue weighted by atomic mass is 9.77. The molecule has 0 aliphatic carbocycles. The quantitative estimate of drug-likeness (QED) is 0.185. The number of para-hydroxylation sites is 1. The van der Waals surface area contributed by atoms with E-state index in [4.69, 9.17) is 9.47 Å². The molecule has 44 heavy (non-hydrogen) atoms. The first kappa shape index (κ1) is 27.8. The van der Waals surface area contributed by atoms with Gasteiger partial charge in [0.1, 0.15) is 11.5 Å². The number of esters is 1. The first-order valence-corrected chi connectivity index (χ1v) is 15.5. The fourth-order valence-corrected chi connectivity index (χ4v) is 6.52. The molecule has 7 rings (SSSR count). The van der Waals surface area contributed by atoms with Gasteiger partial charge in [-0.25, -0.2) is 4.79 Å². The highest BCUT2D eigenvalue weighted by atomic mass is 16.6. The summed E-state index contributed by atoms with van der Waals surface area (Å²) in [6, 6.07) is 37.0. The molecule has 5 aromatic carbocycles. The van der Waals surface area contributed by atoms with Crippen LogP contribution in [0.25, 0.3) is 0 Å². The van der Waals surface area contributed by atoms with Crippen LogP contribution < -0.4 is 15.0 Å². The van der Waals surface area contributed by atoms with Gasteiger partial charge in [-0.3, -0.25) is 0 Å². The maximum atomic E-state index is 13.4. The van der Waals surface area contributed by atoms with Gasteiger partial charge < -0.3 is 19.7 Å². The minimum atomic E-state index is -1.13. The van der Waals surface area contributed by atoms with Gasteiger partial charge in [-0.05, 0) is 92.4 Å². The van der Waals surface area contributed by atoms with E-state index >= 15 is 0 Å². The second-order valence-corrected chi connectivity index (χ2v) is 11.6. The number of nitrogens with one attached hydrogen (secondary N) is 1. The molecular weight excluding hydrogens is 544 g/mol. The van der Waals surface area contributed by atoms with Crippen molar-refractivity contribution in [2.45, 2.75) is 45.6 Å². The van der Waals surface area contributed by atoms with Gasteiger partial charge in [-0.1, -0.05) is 61.9 Å². The summed E-state index contributed by atoms with van der Waals surface area (Å²) in [4.78, 5) is 15.7. The zero-order chi connectivity index (χ0) is 30.3. The molecule has 0 saturated carbocycles. The smallest absolute Gasteiger partial charge is 0.340 e. The molecule has 2 heterocycles. The first-order valence-electron chi connectivity index (χ1n) is 15.5. The van der Waals surface area contributed by atoms with E-state index in [0.717, 1.165) is 58.0 Å². The number of hydrogen-bond donors (Lipinski definition) is 1. The Morgan fingerprint density at radius 1 is 0.750 bits per heavy atom. The fourth-order valence-electron chi connectivity index (χ4n) is 6.52. The first-order chi connectivity index (χ1) is 21.5. The summed E-state index contributed by atoms with van der Waals surface area (Å²) >= 11 is 0. The lowest BCUT2D eigenvalue weighted by molar-refractivity contribution is 0.0224. The van der Waals surface area contributed by atoms with Crippen molar-refractivity contribution in [3.63, 3.8) is 0 Å². The molecule has 2 aliphatic rings. The van der Waals surface area contributed by atoms with Crippen LogP contribution in [-0.4, -0.2) is 12.5 Å². The summed E-state index contributed by atoms with van der Waals surface area (Å²) in [5, 5.41) is 3.62. The number of carbonyl (C=O) groups is 1. The van der Waals surface area contributed by atoms with Gasteiger partial charge in [0.05, 0.1) is 5.56 Å². The molecule has 0 aromatic heterocycles. The second-order valence-electron chi connectivity index (χ2n) is 11.6. The summed E-state index contributed by atoms with van der Waals surface area (Å²) in [6.45, 7) is 7.21. The molecule has 0 fully saturated rings. The fraction of sp³-hybridized carbons (Fsp3) is 0.205. The minimum Gasteiger partial charge on any atom is -0.456 e. The summed E-state index contributed by atoms with van der Waals surface area (Å²) in [6.07, 6.45) is 3.45. The third-order valence-electron chi connectivity index (χ3n) is 8.79. The van der Waals surface area contributed by atoms with Crippen LogP contribution >= 0.6 is 0 Å². The molecule has 1 spiro atoms. The number of nitrogens with zero attached hydrogens (tertiary/aromatic N) is 1. The molecule has 5 aromatic rings. The molecule has 0 radical (unpaired) electrons. The predicted octanol–water partition coefficient (Wildman–Crippen LogP) is 9.81. The summed E-state index contributed by atoms with van der Waals surface area (Å²) in [5.41, 5.74) is 8.31. The molecule has 0 saturated heterocycles. The van der Waals surface area contributed by atoms with Crippen molar-refractivity contribution in [1.29, 1.82) is 0 Å². The maximum absolute atomic E-state index is 13.4. The van der Waals surface area contributed by atoms with Gasteiger partial charge in [-0.15, -0.1) is 0 Å². The van der Waals surface area contributed by atoms with Crippen LogP contribution in [-0.2, 0) is 16.8 Å². The van der Waals surface area contributed by atoms with Crippen molar-refractivity contribution in [2.75, 3.05) is 16.8 Å². The Morgan fingerprint density at radius 3 is 2.27 bits per heavy atom. The summed E-state index contributed by atoms with van der Waals surface area (Å²) in [7, 11) is 0. The van der Waals surface area contributed by atoms with Crippen molar-refractivity contribution in [3.05, 3.63) is 143 Å². The van der Waals surface area contributed by atoms with Crippen LogP contribution in [0.1, 0.15) is 64.9 Å². The van der Waals surface area contributed by atoms with Crippen LogP contribution in [0.5, 0.6) is 11.5 Å². The lowest BCUT2D eigenvalue weighted by Gasteiger charge is -2.38. The lowest BCUT2D eigenvalue weighted by Crippen LogP contribution is -2.33. The Labute approximate surface area is 259 Å². The zero-order valence-electron chi connectivity index (χ0n) is 25.4. The molecule has 5 heteroatoms. The number of rotatable bonds is 8. The topological polar surface area (TPSA) is 50.8 Å². The molecule has 5 nitrogen and oxygen atoms in total. The number of fused-ring (bicyclic) bond motifs is 6. The maximum Gasteiger partial charge on any atom is 0.340 e. The molecule has 0 bridgehead atoms. The van der Waals surface area contributed by atoms with E-state index in [9.17, 15) is 4.79 Å². The Morgan fingerprint density at radius 2 is 1.50 bits per heavy atom. The van der Waals surface area contributed by atoms with E-state index in [1.165, 1.54) is 18.4 Å². The van der Waals surface area contributed by atoms with Gasteiger partial charge in [0.2, 0.25) is 0 Å². The van der Waals surface area contributed by atoms with Gasteiger partial charge >= 0.3 is 5.97 Å². The van der Waals surface area contributed by atoms with Crippen LogP contribution in [0, 0.1) is 6.92 Å². The second kappa shape index (κ2) is 11.2. The number of carbonyl (C=O) groups excluding carboxylic acids is 1. The number of anilines is 4. The van der Waals surface area contributed by atoms with E-state index in [-0.39, 0.29) is 5.97 Å². The monoisotopic (exact) mass is 580 g/mol. The highest BCUT2D eigenvalue weighted by molar-refractivity contribution is 5.97. The van der Waals surface area contributed by atoms with E-state index < -0.39 is 5.60 Å². The molecule has 2 aliphatic heterocycles. The van der Waals surface area contributed by atoms with E-state index in [2.05, 4.69) is 91.7 Å². The minimum absolute atomic E-state index is 0.333. The molecular formula is C39H36N2O3. The number of ether oxygens (including phenoxy) is 2. The van der Waals surface area contributed by atoms with E-state index in [1.807, 2.05) is 48.5 Å². The molecule has 220 valence electrons. The largest absolute Gasteiger partial charge is 0.456 e. The molecule has 0 amide bonds. The van der Waals surface area contributed by atoms with E-state index in [1.54, 1.807) is 0 Å². The van der Waals surface area contributed by atoms with Crippen LogP contribution in [0.15, 0.2) is 109 Å². The zero-order valence-corrected chi connectivity index (χ0v) is 25.4. The normalized spacial score (nSPS) is 16.0. The van der Waals surface area contributed by atoms with Crippen LogP contribution in [0.4, 0.5) is 22.7 Å². The SMILES string of the molecule is CCCCc1ccc(Nc2cc3c(cc2C)Oc2cc(N(CC)c4ccccc4)ccc2C32OC(=O)c3ccccc32)cc1. The average Bonchev–Trinajstić information content (AvgIpc) is 3.35. The highest BCUT2D eigenvalue weighted by Crippen LogP contribution is 2.57. The Hall–Kier alpha value is -5.03. The van der Waals surface area contributed by atoms with E-state index in [0.29, 0.717) is 17.1 Å². The van der Waals surface area contributed by atoms with Crippen molar-refractivity contribution in [2.24, 2.45) is 0 Å². The van der Waals surface area contributed by atoms with Crippen molar-refractivity contribution < 1.29 is 14.3 Å². The third-order valence-corrected chi connectivity index (χ3v) is 8.79. The summed E-state index contributed by atoms with van der Waals surface area (Å²) < 4.78 is 13.1. The number of hydrogen-bond acceptors (Lipinski definition) is 5. The van der Waals surface area contributed by atoms with Crippen molar-refractivity contribution >= 4 is 28.7 Å². The van der Waals surface area contributed by atoms with Crippen molar-refractivity contribution in [1.82, 2.24) is 0 Å². The Balaban J connectivity index is 1.35. The van der Waals surface area contributed by atoms with Crippen LogP contribution in [0.3, 0.4) is 0 Å². The van der Waals surface area contributed by atoms with Gasteiger partial charge in [0, 0.05) is 52.1 Å². The number of unbranched alkanes of at least 4 members (excludes halogenated alkanes) is 1. The highest BCUT2D eigenvalue weighted by Gasteiger charge is 2.53. The number of benzene rings is 5. The number of aryl methyl sites for hydroxylation is 2. The standard InChI is InChI=1S/C39H36N2O3/c1-4-6-12-27-17-19-28(20-18-27)40-35-25-34-36(23-26(35)3)43-37-24-30(41(5-2)29-13-8-7-9-14-29)21-22-33(37)39(34)32-16-11-10-15-31(32)38(42)44-39/h7-11,13-25,40H,4-6,12H2,1-3H3. The molecule has 1 N–H and O–H groups in total.